The van der Waals surface area contributed by atoms with Gasteiger partial charge in [0, 0.05) is 0 Å². The Morgan fingerprint density at radius 1 is 0.526 bits per heavy atom. The third-order valence-electron chi connectivity index (χ3n) is 9.08. The second-order valence-electron chi connectivity index (χ2n) is 11.6. The lowest BCUT2D eigenvalue weighted by Crippen LogP contribution is -2.40. The summed E-state index contributed by atoms with van der Waals surface area (Å²) in [4.78, 5) is 0. The van der Waals surface area contributed by atoms with Crippen molar-refractivity contribution in [3.63, 3.8) is 0 Å². The van der Waals surface area contributed by atoms with Crippen molar-refractivity contribution in [2.24, 2.45) is 17.8 Å². The predicted molar refractivity (Wildman–Crippen MR) is 167 cm³/mol. The summed E-state index contributed by atoms with van der Waals surface area (Å²) in [6.07, 6.45) is 3.83. The molecule has 0 radical (unpaired) electrons. The van der Waals surface area contributed by atoms with E-state index in [2.05, 4.69) is 139 Å². The first-order valence-electron chi connectivity index (χ1n) is 14.6. The molecule has 0 aliphatic heterocycles. The van der Waals surface area contributed by atoms with Crippen molar-refractivity contribution in [3.05, 3.63) is 119 Å². The first-order valence-corrected chi connectivity index (χ1v) is 14.6. The van der Waals surface area contributed by atoms with E-state index in [0.717, 1.165) is 17.8 Å². The number of benzene rings is 4. The van der Waals surface area contributed by atoms with Crippen LogP contribution < -0.4 is 0 Å². The number of hydrogen-bond donors (Lipinski definition) is 0. The van der Waals surface area contributed by atoms with Gasteiger partial charge in [-0.25, -0.2) is 0 Å². The van der Waals surface area contributed by atoms with Crippen molar-refractivity contribution >= 4 is 0 Å². The summed E-state index contributed by atoms with van der Waals surface area (Å²) in [5.74, 6) is 2.92. The maximum atomic E-state index is 2.49. The van der Waals surface area contributed by atoms with Crippen LogP contribution in [0.3, 0.4) is 0 Å². The van der Waals surface area contributed by atoms with Crippen molar-refractivity contribution in [2.45, 2.75) is 73.6 Å². The molecule has 0 amide bonds. The monoisotopic (exact) mass is 502 g/mol. The van der Waals surface area contributed by atoms with Crippen molar-refractivity contribution < 1.29 is 0 Å². The molecule has 5 rings (SSSR count). The molecule has 4 aromatic rings. The molecule has 0 saturated heterocycles. The fourth-order valence-electron chi connectivity index (χ4n) is 6.34. The molecule has 1 saturated carbocycles. The van der Waals surface area contributed by atoms with Gasteiger partial charge in [-0.05, 0) is 113 Å². The Hall–Kier alpha value is -3.12. The first kappa shape index (κ1) is 27.9. The fourth-order valence-corrected chi connectivity index (χ4v) is 6.34. The molecule has 0 aromatic heterocycles. The highest BCUT2D eigenvalue weighted by molar-refractivity contribution is 5.81. The van der Waals surface area contributed by atoms with Gasteiger partial charge in [0.05, 0.1) is 0 Å². The van der Waals surface area contributed by atoms with Gasteiger partial charge in [0.15, 0.2) is 0 Å². The highest BCUT2D eigenvalue weighted by Gasteiger charge is 2.43. The molecular weight excluding hydrogens is 456 g/mol. The third kappa shape index (κ3) is 5.96. The van der Waals surface area contributed by atoms with Crippen LogP contribution in [-0.2, 0) is 6.42 Å². The van der Waals surface area contributed by atoms with Crippen molar-refractivity contribution in [2.75, 3.05) is 0 Å². The Bertz CT molecular complexity index is 1320. The van der Waals surface area contributed by atoms with Gasteiger partial charge in [0.25, 0.3) is 0 Å². The summed E-state index contributed by atoms with van der Waals surface area (Å²) >= 11 is 0. The topological polar surface area (TPSA) is 0 Å². The standard InChI is InChI=1S/C28H32.C10H14/c1-17-11-7-9-13-23(17)25-16-26(24-14-10-8-12-18(24)2)27(15-19(25)3)28-21(5)20(4)22(28)6;1-2-3-7-10-8-5-4-6-9-10/h7-16,20-22,28H,1-6H3;4-6,8-9H,2-3,7H2,1H3. The van der Waals surface area contributed by atoms with Crippen molar-refractivity contribution in [1.82, 2.24) is 0 Å². The van der Waals surface area contributed by atoms with Crippen LogP contribution in [0.2, 0.25) is 0 Å². The van der Waals surface area contributed by atoms with E-state index in [9.17, 15) is 0 Å². The summed E-state index contributed by atoms with van der Waals surface area (Å²) in [5, 5.41) is 0. The molecule has 4 aromatic carbocycles. The zero-order valence-corrected chi connectivity index (χ0v) is 24.6. The Balaban J connectivity index is 0.000000283. The summed E-state index contributed by atoms with van der Waals surface area (Å²) < 4.78 is 0. The van der Waals surface area contributed by atoms with Gasteiger partial charge in [-0.2, -0.15) is 0 Å². The van der Waals surface area contributed by atoms with E-state index in [4.69, 9.17) is 0 Å². The van der Waals surface area contributed by atoms with Crippen LogP contribution in [0.4, 0.5) is 0 Å². The van der Waals surface area contributed by atoms with Gasteiger partial charge >= 0.3 is 0 Å². The first-order chi connectivity index (χ1) is 18.3. The molecule has 0 N–H and O–H groups in total. The minimum Gasteiger partial charge on any atom is -0.0654 e. The zero-order chi connectivity index (χ0) is 27.2. The van der Waals surface area contributed by atoms with Gasteiger partial charge in [0.1, 0.15) is 0 Å². The summed E-state index contributed by atoms with van der Waals surface area (Å²) in [6, 6.07) is 33.2. The zero-order valence-electron chi connectivity index (χ0n) is 24.6. The molecule has 1 fully saturated rings. The maximum Gasteiger partial charge on any atom is -0.00990 e. The molecule has 1 aliphatic rings. The normalized spacial score (nSPS) is 20.3. The van der Waals surface area contributed by atoms with Crippen LogP contribution in [0, 0.1) is 38.5 Å². The van der Waals surface area contributed by atoms with Crippen LogP contribution in [-0.4, -0.2) is 0 Å². The smallest absolute Gasteiger partial charge is 0.00990 e. The molecule has 0 heteroatoms. The molecule has 0 bridgehead atoms. The molecule has 2 unspecified atom stereocenters. The van der Waals surface area contributed by atoms with E-state index >= 15 is 0 Å². The summed E-state index contributed by atoms with van der Waals surface area (Å²) in [5.41, 5.74) is 12.6. The van der Waals surface area contributed by atoms with Gasteiger partial charge in [-0.3, -0.25) is 0 Å². The highest BCUT2D eigenvalue weighted by atomic mass is 14.5. The molecule has 198 valence electrons. The average molecular weight is 503 g/mol. The lowest BCUT2D eigenvalue weighted by Gasteiger charge is -2.49. The number of unbranched alkanes of at least 4 members (excludes halogenated alkanes) is 1. The molecule has 0 heterocycles. The third-order valence-corrected chi connectivity index (χ3v) is 9.08. The second-order valence-corrected chi connectivity index (χ2v) is 11.6. The number of aryl methyl sites for hydroxylation is 4. The number of hydrogen-bond acceptors (Lipinski definition) is 0. The van der Waals surface area contributed by atoms with E-state index in [1.54, 1.807) is 5.56 Å². The maximum absolute atomic E-state index is 2.49. The summed E-state index contributed by atoms with van der Waals surface area (Å²) in [7, 11) is 0. The fraction of sp³-hybridized carbons (Fsp3) is 0.368. The molecule has 0 nitrogen and oxygen atoms in total. The van der Waals surface area contributed by atoms with Gasteiger partial charge in [0.2, 0.25) is 0 Å². The SMILES string of the molecule is CCCCc1ccccc1.Cc1ccccc1-c1cc(-c2ccccc2C)c(C2C(C)C(C)C2C)cc1C. The quantitative estimate of drug-likeness (QED) is 0.246. The largest absolute Gasteiger partial charge is 0.0654 e. The molecule has 1 aliphatic carbocycles. The van der Waals surface area contributed by atoms with Gasteiger partial charge in [-0.1, -0.05) is 119 Å². The lowest BCUT2D eigenvalue weighted by atomic mass is 9.56. The van der Waals surface area contributed by atoms with E-state index in [1.807, 2.05) is 0 Å². The summed E-state index contributed by atoms with van der Waals surface area (Å²) in [6.45, 7) is 16.2. The lowest BCUT2D eigenvalue weighted by molar-refractivity contribution is 0.0759. The van der Waals surface area contributed by atoms with Crippen molar-refractivity contribution in [3.8, 4) is 22.3 Å². The van der Waals surface area contributed by atoms with Crippen LogP contribution >= 0.6 is 0 Å². The number of rotatable bonds is 6. The molecule has 0 spiro atoms. The van der Waals surface area contributed by atoms with Crippen LogP contribution in [0.25, 0.3) is 22.3 Å². The van der Waals surface area contributed by atoms with Crippen molar-refractivity contribution in [1.29, 1.82) is 0 Å². The Kier molecular flexibility index (Phi) is 9.26. The minimum absolute atomic E-state index is 0.647. The van der Waals surface area contributed by atoms with E-state index in [-0.39, 0.29) is 0 Å². The molecular formula is C38H46. The molecule has 2 atom stereocenters. The van der Waals surface area contributed by atoms with E-state index < -0.39 is 0 Å². The average Bonchev–Trinajstić information content (AvgIpc) is 2.94. The highest BCUT2D eigenvalue weighted by Crippen LogP contribution is 2.54. The Labute approximate surface area is 232 Å². The van der Waals surface area contributed by atoms with Crippen LogP contribution in [0.1, 0.15) is 74.3 Å². The van der Waals surface area contributed by atoms with E-state index in [1.165, 1.54) is 63.8 Å². The van der Waals surface area contributed by atoms with Gasteiger partial charge < -0.3 is 0 Å². The second kappa shape index (κ2) is 12.6. The molecule has 38 heavy (non-hydrogen) atoms. The Morgan fingerprint density at radius 2 is 1.05 bits per heavy atom. The van der Waals surface area contributed by atoms with Crippen LogP contribution in [0.5, 0.6) is 0 Å². The van der Waals surface area contributed by atoms with Crippen LogP contribution in [0.15, 0.2) is 91.0 Å². The predicted octanol–water partition coefficient (Wildman–Crippen LogP) is 11.0. The van der Waals surface area contributed by atoms with Gasteiger partial charge in [-0.15, -0.1) is 0 Å². The minimum atomic E-state index is 0.647. The Morgan fingerprint density at radius 3 is 1.61 bits per heavy atom. The van der Waals surface area contributed by atoms with E-state index in [0.29, 0.717) is 5.92 Å².